The molecule has 0 aromatic carbocycles. The minimum atomic E-state index is -0.587. The molecular weight excluding hydrogens is 714 g/mol. The van der Waals surface area contributed by atoms with E-state index >= 15 is 0 Å². The van der Waals surface area contributed by atoms with Crippen molar-refractivity contribution < 1.29 is 23.5 Å². The Morgan fingerprint density at radius 2 is 1.53 bits per heavy atom. The SMILES string of the molecule is COC(=O)c1nc(Cl)nc(Cl)c1I.COC(=O)c1nc(Cl)nc(NCc2ccco2)c1I. The van der Waals surface area contributed by atoms with Gasteiger partial charge in [-0.15, -0.1) is 0 Å². The van der Waals surface area contributed by atoms with Gasteiger partial charge in [0.05, 0.1) is 34.2 Å². The van der Waals surface area contributed by atoms with Crippen molar-refractivity contribution in [1.82, 2.24) is 19.9 Å². The first-order chi connectivity index (χ1) is 15.2. The second kappa shape index (κ2) is 12.7. The van der Waals surface area contributed by atoms with Gasteiger partial charge in [0.1, 0.15) is 16.7 Å². The predicted octanol–water partition coefficient (Wildman–Crippen LogP) is 4.90. The monoisotopic (exact) mass is 725 g/mol. The number of halogens is 5. The fraction of sp³-hybridized carbons (Fsp3) is 0.176. The quantitative estimate of drug-likeness (QED) is 0.168. The summed E-state index contributed by atoms with van der Waals surface area (Å²) in [6, 6.07) is 3.61. The molecule has 0 saturated heterocycles. The van der Waals surface area contributed by atoms with Crippen LogP contribution in [-0.4, -0.2) is 46.1 Å². The molecule has 0 aliphatic heterocycles. The number of esters is 2. The molecule has 0 bridgehead atoms. The molecule has 0 aliphatic carbocycles. The number of carbonyl (C=O) groups excluding carboxylic acids is 2. The van der Waals surface area contributed by atoms with Crippen LogP contribution in [0.5, 0.6) is 0 Å². The van der Waals surface area contributed by atoms with Crippen molar-refractivity contribution in [2.45, 2.75) is 6.54 Å². The summed E-state index contributed by atoms with van der Waals surface area (Å²) in [6.45, 7) is 0.428. The van der Waals surface area contributed by atoms with Gasteiger partial charge < -0.3 is 19.2 Å². The van der Waals surface area contributed by atoms with Crippen molar-refractivity contribution in [2.75, 3.05) is 19.5 Å². The van der Waals surface area contributed by atoms with Crippen LogP contribution in [0.2, 0.25) is 15.7 Å². The van der Waals surface area contributed by atoms with Gasteiger partial charge in [0, 0.05) is 0 Å². The Morgan fingerprint density at radius 1 is 0.969 bits per heavy atom. The number of aromatic nitrogens is 4. The third-order valence-corrected chi connectivity index (χ3v) is 6.35. The van der Waals surface area contributed by atoms with Crippen molar-refractivity contribution in [3.05, 3.63) is 58.4 Å². The van der Waals surface area contributed by atoms with Gasteiger partial charge in [-0.3, -0.25) is 0 Å². The van der Waals surface area contributed by atoms with E-state index in [1.165, 1.54) is 14.2 Å². The second-order valence-corrected chi connectivity index (χ2v) is 8.56. The maximum absolute atomic E-state index is 11.5. The molecule has 15 heteroatoms. The van der Waals surface area contributed by atoms with Gasteiger partial charge in [-0.05, 0) is 80.5 Å². The third-order valence-electron chi connectivity index (χ3n) is 3.38. The first-order valence-electron chi connectivity index (χ1n) is 8.22. The average Bonchev–Trinajstić information content (AvgIpc) is 3.29. The number of nitrogens with zero attached hydrogens (tertiary/aromatic N) is 4. The maximum atomic E-state index is 11.5. The fourth-order valence-corrected chi connectivity index (χ4v) is 3.64. The third kappa shape index (κ3) is 7.26. The van der Waals surface area contributed by atoms with Crippen molar-refractivity contribution in [3.8, 4) is 0 Å². The molecule has 1 N–H and O–H groups in total. The van der Waals surface area contributed by atoms with Crippen LogP contribution in [0.1, 0.15) is 26.7 Å². The highest BCUT2D eigenvalue weighted by atomic mass is 127. The zero-order valence-electron chi connectivity index (χ0n) is 16.2. The lowest BCUT2D eigenvalue weighted by Crippen LogP contribution is -2.12. The van der Waals surface area contributed by atoms with Crippen LogP contribution in [-0.2, 0) is 16.0 Å². The zero-order valence-corrected chi connectivity index (χ0v) is 22.7. The van der Waals surface area contributed by atoms with E-state index in [1.807, 2.05) is 51.2 Å². The summed E-state index contributed by atoms with van der Waals surface area (Å²) in [4.78, 5) is 37.9. The standard InChI is InChI=1S/C11H9ClIN3O3.C6H3Cl2IN2O2/c1-18-10(17)8-7(13)9(16-11(12)15-8)14-5-6-3-2-4-19-6;1-13-5(12)3-2(9)4(7)11-6(8)10-3/h2-4H,5H2,1H3,(H,14,15,16);1H3. The van der Waals surface area contributed by atoms with Crippen LogP contribution in [0, 0.1) is 7.14 Å². The predicted molar refractivity (Wildman–Crippen MR) is 133 cm³/mol. The lowest BCUT2D eigenvalue weighted by molar-refractivity contribution is 0.0584. The molecule has 0 aliphatic rings. The summed E-state index contributed by atoms with van der Waals surface area (Å²) >= 11 is 20.8. The summed E-state index contributed by atoms with van der Waals surface area (Å²) in [5.74, 6) is 0.0490. The summed E-state index contributed by atoms with van der Waals surface area (Å²) in [7, 11) is 2.53. The molecule has 3 aromatic heterocycles. The summed E-state index contributed by atoms with van der Waals surface area (Å²) in [5, 5.41) is 3.07. The summed E-state index contributed by atoms with van der Waals surface area (Å²) in [6.07, 6.45) is 1.58. The highest BCUT2D eigenvalue weighted by Crippen LogP contribution is 2.23. The van der Waals surface area contributed by atoms with E-state index in [9.17, 15) is 9.59 Å². The molecule has 0 spiro atoms. The Morgan fingerprint density at radius 3 is 2.06 bits per heavy atom. The van der Waals surface area contributed by atoms with Crippen molar-refractivity contribution in [1.29, 1.82) is 0 Å². The minimum Gasteiger partial charge on any atom is -0.467 e. The molecule has 3 rings (SSSR count). The molecule has 0 amide bonds. The molecule has 3 aromatic rings. The Balaban J connectivity index is 0.000000244. The van der Waals surface area contributed by atoms with Crippen molar-refractivity contribution in [2.24, 2.45) is 0 Å². The van der Waals surface area contributed by atoms with Crippen LogP contribution in [0.15, 0.2) is 22.8 Å². The number of carbonyl (C=O) groups is 2. The smallest absolute Gasteiger partial charge is 0.358 e. The van der Waals surface area contributed by atoms with E-state index in [4.69, 9.17) is 39.2 Å². The van der Waals surface area contributed by atoms with E-state index in [-0.39, 0.29) is 27.1 Å². The molecule has 0 saturated carbocycles. The second-order valence-electron chi connectivity index (χ2n) is 5.37. The van der Waals surface area contributed by atoms with E-state index < -0.39 is 11.9 Å². The van der Waals surface area contributed by atoms with Crippen molar-refractivity contribution in [3.63, 3.8) is 0 Å². The Kier molecular flexibility index (Phi) is 10.6. The van der Waals surface area contributed by atoms with Gasteiger partial charge in [0.25, 0.3) is 0 Å². The molecule has 32 heavy (non-hydrogen) atoms. The zero-order chi connectivity index (χ0) is 23.8. The number of methoxy groups -OCH3 is 2. The van der Waals surface area contributed by atoms with Gasteiger partial charge in [0.2, 0.25) is 10.6 Å². The molecule has 0 unspecified atom stereocenters. The van der Waals surface area contributed by atoms with Gasteiger partial charge in [0.15, 0.2) is 11.4 Å². The average molecular weight is 726 g/mol. The van der Waals surface area contributed by atoms with Gasteiger partial charge in [-0.25, -0.2) is 24.5 Å². The Bertz CT molecular complexity index is 1120. The van der Waals surface area contributed by atoms with Gasteiger partial charge in [-0.2, -0.15) is 4.98 Å². The number of hydrogen-bond donors (Lipinski definition) is 1. The topological polar surface area (TPSA) is 129 Å². The lowest BCUT2D eigenvalue weighted by Gasteiger charge is -2.09. The number of furan rings is 1. The Hall–Kier alpha value is -1.49. The summed E-state index contributed by atoms with van der Waals surface area (Å²) < 4.78 is 15.3. The normalized spacial score (nSPS) is 10.1. The fourth-order valence-electron chi connectivity index (χ4n) is 1.98. The largest absolute Gasteiger partial charge is 0.467 e. The van der Waals surface area contributed by atoms with Gasteiger partial charge in [-0.1, -0.05) is 11.6 Å². The van der Waals surface area contributed by atoms with Crippen LogP contribution in [0.3, 0.4) is 0 Å². The van der Waals surface area contributed by atoms with E-state index in [0.717, 1.165) is 5.76 Å². The number of nitrogens with one attached hydrogen (secondary N) is 1. The number of ether oxygens (including phenoxy) is 2. The van der Waals surface area contributed by atoms with Crippen LogP contribution >= 0.6 is 80.0 Å². The van der Waals surface area contributed by atoms with Gasteiger partial charge >= 0.3 is 11.9 Å². The highest BCUT2D eigenvalue weighted by molar-refractivity contribution is 14.1. The molecule has 0 atom stereocenters. The molecule has 0 fully saturated rings. The highest BCUT2D eigenvalue weighted by Gasteiger charge is 2.19. The van der Waals surface area contributed by atoms with Crippen LogP contribution in [0.4, 0.5) is 5.82 Å². The van der Waals surface area contributed by atoms with Crippen LogP contribution in [0.25, 0.3) is 0 Å². The summed E-state index contributed by atoms with van der Waals surface area (Å²) in [5.41, 5.74) is 0.207. The van der Waals surface area contributed by atoms with Crippen molar-refractivity contribution >= 4 is 97.7 Å². The first-order valence-corrected chi connectivity index (χ1v) is 11.5. The maximum Gasteiger partial charge on any atom is 0.358 e. The molecule has 3 heterocycles. The molecule has 10 nitrogen and oxygen atoms in total. The first kappa shape index (κ1) is 26.8. The minimum absolute atomic E-state index is 0.0252. The van der Waals surface area contributed by atoms with Crippen LogP contribution < -0.4 is 5.32 Å². The molecule has 170 valence electrons. The van der Waals surface area contributed by atoms with E-state index in [0.29, 0.717) is 19.5 Å². The number of anilines is 1. The molecule has 0 radical (unpaired) electrons. The molecular formula is C17H12Cl3I2N5O5. The number of rotatable bonds is 5. The number of hydrogen-bond acceptors (Lipinski definition) is 10. The van der Waals surface area contributed by atoms with E-state index in [1.54, 1.807) is 12.3 Å². The Labute approximate surface area is 224 Å². The lowest BCUT2D eigenvalue weighted by atomic mass is 10.4. The van der Waals surface area contributed by atoms with E-state index in [2.05, 4.69) is 34.7 Å².